The lowest BCUT2D eigenvalue weighted by Gasteiger charge is -2.17. The second-order valence-corrected chi connectivity index (χ2v) is 6.83. The first-order valence-corrected chi connectivity index (χ1v) is 6.75. The van der Waals surface area contributed by atoms with Gasteiger partial charge in [-0.05, 0) is 55.7 Å². The average Bonchev–Trinajstić information content (AvgIpc) is 2.17. The Balaban J connectivity index is 2.72. The Morgan fingerprint density at radius 3 is 2.27 bits per heavy atom. The lowest BCUT2D eigenvalue weighted by molar-refractivity contribution is 0.463. The minimum absolute atomic E-state index is 0.571. The minimum Gasteiger partial charge on any atom is -0.0622 e. The van der Waals surface area contributed by atoms with Gasteiger partial charge >= 0.3 is 0 Å². The van der Waals surface area contributed by atoms with Crippen molar-refractivity contribution in [1.82, 2.24) is 0 Å². The van der Waals surface area contributed by atoms with Gasteiger partial charge in [-0.1, -0.05) is 50.3 Å². The Bertz CT molecular complexity index is 311. The molecule has 0 nitrogen and oxygen atoms in total. The molecule has 0 heterocycles. The van der Waals surface area contributed by atoms with Crippen LogP contribution in [0.3, 0.4) is 0 Å². The quantitative estimate of drug-likeness (QED) is 0.717. The zero-order chi connectivity index (χ0) is 11.3. The Labute approximate surface area is 109 Å². The fraction of sp³-hybridized carbons (Fsp3) is 0.385. The molecule has 0 N–H and O–H groups in total. The highest BCUT2D eigenvalue weighted by Crippen LogP contribution is 2.24. The van der Waals surface area contributed by atoms with E-state index in [1.165, 1.54) is 5.56 Å². The van der Waals surface area contributed by atoms with E-state index in [1.54, 1.807) is 0 Å². The Morgan fingerprint density at radius 2 is 1.80 bits per heavy atom. The molecule has 0 amide bonds. The highest BCUT2D eigenvalue weighted by molar-refractivity contribution is 9.28. The summed E-state index contributed by atoms with van der Waals surface area (Å²) in [5.74, 6) is 1.22. The molecule has 82 valence electrons. The van der Waals surface area contributed by atoms with Gasteiger partial charge in [-0.2, -0.15) is 0 Å². The summed E-state index contributed by atoms with van der Waals surface area (Å²) in [4.78, 5) is 0. The average molecular weight is 332 g/mol. The van der Waals surface area contributed by atoms with Gasteiger partial charge < -0.3 is 0 Å². The van der Waals surface area contributed by atoms with E-state index in [-0.39, 0.29) is 0 Å². The third kappa shape index (κ3) is 4.98. The number of hydrogen-bond acceptors (Lipinski definition) is 0. The van der Waals surface area contributed by atoms with E-state index in [4.69, 9.17) is 0 Å². The molecule has 1 atom stereocenters. The second-order valence-electron chi connectivity index (χ2n) is 4.05. The molecule has 1 rings (SSSR count). The SMILES string of the molecule is CC(C)[C@@H](C=C(Br)Br)Cc1ccccc1. The zero-order valence-corrected chi connectivity index (χ0v) is 12.3. The summed E-state index contributed by atoms with van der Waals surface area (Å²) < 4.78 is 1.05. The zero-order valence-electron chi connectivity index (χ0n) is 9.08. The van der Waals surface area contributed by atoms with Gasteiger partial charge in [0, 0.05) is 0 Å². The molecule has 0 fully saturated rings. The number of hydrogen-bond donors (Lipinski definition) is 0. The first kappa shape index (κ1) is 13.0. The van der Waals surface area contributed by atoms with Gasteiger partial charge in [0.15, 0.2) is 0 Å². The Hall–Kier alpha value is -0.0800. The van der Waals surface area contributed by atoms with Crippen molar-refractivity contribution in [1.29, 1.82) is 0 Å². The fourth-order valence-corrected chi connectivity index (χ4v) is 2.21. The molecule has 0 aliphatic heterocycles. The minimum atomic E-state index is 0.571. The monoisotopic (exact) mass is 330 g/mol. The predicted molar refractivity (Wildman–Crippen MR) is 74.4 cm³/mol. The Morgan fingerprint density at radius 1 is 1.20 bits per heavy atom. The van der Waals surface area contributed by atoms with Gasteiger partial charge in [0.25, 0.3) is 0 Å². The molecule has 0 unspecified atom stereocenters. The van der Waals surface area contributed by atoms with Gasteiger partial charge in [-0.25, -0.2) is 0 Å². The highest BCUT2D eigenvalue weighted by Gasteiger charge is 2.11. The standard InChI is InChI=1S/C13H16Br2/c1-10(2)12(9-13(14)15)8-11-6-4-3-5-7-11/h3-7,9-10,12H,8H2,1-2H3/t12-/m1/s1. The summed E-state index contributed by atoms with van der Waals surface area (Å²) in [5, 5.41) is 0. The molecule has 0 saturated carbocycles. The molecule has 0 saturated heterocycles. The van der Waals surface area contributed by atoms with Crippen molar-refractivity contribution in [3.63, 3.8) is 0 Å². The van der Waals surface area contributed by atoms with Crippen molar-refractivity contribution >= 4 is 31.9 Å². The molecule has 0 aliphatic rings. The van der Waals surface area contributed by atoms with Crippen molar-refractivity contribution < 1.29 is 0 Å². The predicted octanol–water partition coefficient (Wildman–Crippen LogP) is 5.13. The van der Waals surface area contributed by atoms with Crippen molar-refractivity contribution in [2.45, 2.75) is 20.3 Å². The van der Waals surface area contributed by atoms with E-state index in [0.29, 0.717) is 11.8 Å². The van der Waals surface area contributed by atoms with Crippen LogP contribution in [0.4, 0.5) is 0 Å². The lowest BCUT2D eigenvalue weighted by atomic mass is 9.89. The highest BCUT2D eigenvalue weighted by atomic mass is 79.9. The summed E-state index contributed by atoms with van der Waals surface area (Å²) in [6.07, 6.45) is 3.33. The molecule has 1 aromatic carbocycles. The van der Waals surface area contributed by atoms with Crippen LogP contribution in [0.2, 0.25) is 0 Å². The molecule has 1 aromatic rings. The van der Waals surface area contributed by atoms with Gasteiger partial charge in [-0.3, -0.25) is 0 Å². The van der Waals surface area contributed by atoms with E-state index < -0.39 is 0 Å². The number of rotatable bonds is 4. The molecule has 0 aromatic heterocycles. The molecule has 0 spiro atoms. The van der Waals surface area contributed by atoms with Crippen LogP contribution in [0, 0.1) is 11.8 Å². The maximum atomic E-state index is 3.43. The van der Waals surface area contributed by atoms with Crippen molar-refractivity contribution in [3.05, 3.63) is 45.4 Å². The van der Waals surface area contributed by atoms with Gasteiger partial charge in [0.2, 0.25) is 0 Å². The summed E-state index contributed by atoms with van der Waals surface area (Å²) in [7, 11) is 0. The number of benzene rings is 1. The lowest BCUT2D eigenvalue weighted by Crippen LogP contribution is -2.09. The van der Waals surface area contributed by atoms with Crippen molar-refractivity contribution in [2.24, 2.45) is 11.8 Å². The van der Waals surface area contributed by atoms with Crippen LogP contribution in [0.5, 0.6) is 0 Å². The van der Waals surface area contributed by atoms with Crippen LogP contribution in [-0.2, 0) is 6.42 Å². The summed E-state index contributed by atoms with van der Waals surface area (Å²) in [6.45, 7) is 4.51. The molecule has 0 aliphatic carbocycles. The molecular weight excluding hydrogens is 316 g/mol. The molecule has 15 heavy (non-hydrogen) atoms. The molecule has 0 bridgehead atoms. The first-order valence-electron chi connectivity index (χ1n) is 5.16. The summed E-state index contributed by atoms with van der Waals surface area (Å²) in [5.41, 5.74) is 1.40. The van der Waals surface area contributed by atoms with Crippen LogP contribution in [-0.4, -0.2) is 0 Å². The van der Waals surface area contributed by atoms with Crippen LogP contribution in [0.25, 0.3) is 0 Å². The van der Waals surface area contributed by atoms with E-state index >= 15 is 0 Å². The maximum Gasteiger partial charge on any atom is 0.0567 e. The van der Waals surface area contributed by atoms with Crippen LogP contribution in [0.1, 0.15) is 19.4 Å². The topological polar surface area (TPSA) is 0 Å². The normalized spacial score (nSPS) is 12.6. The number of halogens is 2. The van der Waals surface area contributed by atoms with E-state index in [9.17, 15) is 0 Å². The van der Waals surface area contributed by atoms with Crippen molar-refractivity contribution in [2.75, 3.05) is 0 Å². The van der Waals surface area contributed by atoms with Crippen molar-refractivity contribution in [3.8, 4) is 0 Å². The van der Waals surface area contributed by atoms with Gasteiger partial charge in [0.1, 0.15) is 0 Å². The summed E-state index contributed by atoms with van der Waals surface area (Å²) >= 11 is 6.87. The van der Waals surface area contributed by atoms with E-state index in [0.717, 1.165) is 9.81 Å². The van der Waals surface area contributed by atoms with Gasteiger partial charge in [0.05, 0.1) is 3.39 Å². The third-order valence-corrected chi connectivity index (χ3v) is 3.04. The Kier molecular flexibility index (Phi) is 5.62. The largest absolute Gasteiger partial charge is 0.0622 e. The van der Waals surface area contributed by atoms with Crippen LogP contribution >= 0.6 is 31.9 Å². The first-order chi connectivity index (χ1) is 7.09. The fourth-order valence-electron chi connectivity index (χ4n) is 1.54. The molecular formula is C13H16Br2. The van der Waals surface area contributed by atoms with Crippen LogP contribution in [0.15, 0.2) is 39.8 Å². The van der Waals surface area contributed by atoms with E-state index in [2.05, 4.69) is 82.1 Å². The molecule has 0 radical (unpaired) electrons. The second kappa shape index (κ2) is 6.49. The van der Waals surface area contributed by atoms with Gasteiger partial charge in [-0.15, -0.1) is 0 Å². The molecule has 2 heteroatoms. The smallest absolute Gasteiger partial charge is 0.0567 e. The summed E-state index contributed by atoms with van der Waals surface area (Å²) in [6, 6.07) is 10.6. The third-order valence-electron chi connectivity index (χ3n) is 2.51. The van der Waals surface area contributed by atoms with E-state index in [1.807, 2.05) is 0 Å². The van der Waals surface area contributed by atoms with Crippen LogP contribution < -0.4 is 0 Å². The number of allylic oxidation sites excluding steroid dienone is 1. The maximum absolute atomic E-state index is 3.43.